The van der Waals surface area contributed by atoms with Crippen LogP contribution in [-0.2, 0) is 9.53 Å². The Morgan fingerprint density at radius 1 is 1.58 bits per heavy atom. The number of nitrogens with zero attached hydrogens (tertiary/aromatic N) is 1. The van der Waals surface area contributed by atoms with Crippen molar-refractivity contribution in [3.63, 3.8) is 0 Å². The highest BCUT2D eigenvalue weighted by molar-refractivity contribution is 7.81. The summed E-state index contributed by atoms with van der Waals surface area (Å²) in [5, 5.41) is -0.136. The minimum Gasteiger partial charge on any atom is -0.378 e. The van der Waals surface area contributed by atoms with Crippen molar-refractivity contribution in [1.29, 1.82) is 0 Å². The van der Waals surface area contributed by atoms with Crippen LogP contribution in [0.2, 0.25) is 0 Å². The lowest BCUT2D eigenvalue weighted by molar-refractivity contribution is -0.134. The van der Waals surface area contributed by atoms with Gasteiger partial charge in [0.2, 0.25) is 5.91 Å². The molecule has 0 spiro atoms. The van der Waals surface area contributed by atoms with Crippen molar-refractivity contribution in [3.05, 3.63) is 0 Å². The number of morpholine rings is 1. The van der Waals surface area contributed by atoms with Gasteiger partial charge in [0, 0.05) is 13.1 Å². The van der Waals surface area contributed by atoms with Crippen LogP contribution in [0.25, 0.3) is 0 Å². The van der Waals surface area contributed by atoms with E-state index in [0.717, 1.165) is 19.5 Å². The maximum absolute atomic E-state index is 11.5. The largest absolute Gasteiger partial charge is 0.378 e. The van der Waals surface area contributed by atoms with Crippen LogP contribution in [0.5, 0.6) is 0 Å². The van der Waals surface area contributed by atoms with Gasteiger partial charge in [0.15, 0.2) is 0 Å². The van der Waals surface area contributed by atoms with Crippen molar-refractivity contribution < 1.29 is 9.53 Å². The lowest BCUT2D eigenvalue weighted by atomic mass is 10.3. The number of carbonyl (C=O) groups excluding carboxylic acids is 1. The molecule has 1 amide bonds. The fourth-order valence-corrected chi connectivity index (χ4v) is 1.33. The van der Waals surface area contributed by atoms with Gasteiger partial charge in [-0.2, -0.15) is 12.6 Å². The Labute approximate surface area is 78.5 Å². The summed E-state index contributed by atoms with van der Waals surface area (Å²) in [6.07, 6.45) is 0.791. The summed E-state index contributed by atoms with van der Waals surface area (Å²) in [7, 11) is 0. The highest BCUT2D eigenvalue weighted by Gasteiger charge is 2.21. The molecule has 0 radical (unpaired) electrons. The first-order valence-electron chi connectivity index (χ1n) is 4.30. The van der Waals surface area contributed by atoms with E-state index >= 15 is 0 Å². The van der Waals surface area contributed by atoms with E-state index in [1.807, 2.05) is 11.8 Å². The van der Waals surface area contributed by atoms with Crippen molar-refractivity contribution in [2.75, 3.05) is 26.3 Å². The van der Waals surface area contributed by atoms with Crippen LogP contribution in [-0.4, -0.2) is 42.4 Å². The first-order valence-corrected chi connectivity index (χ1v) is 4.82. The van der Waals surface area contributed by atoms with Gasteiger partial charge >= 0.3 is 0 Å². The van der Waals surface area contributed by atoms with Crippen LogP contribution in [0.15, 0.2) is 0 Å². The number of hydrogen-bond donors (Lipinski definition) is 1. The third-order valence-corrected chi connectivity index (χ3v) is 2.58. The van der Waals surface area contributed by atoms with Gasteiger partial charge in [-0.1, -0.05) is 6.92 Å². The Bertz CT molecular complexity index is 157. The Morgan fingerprint density at radius 3 is 2.67 bits per heavy atom. The first-order chi connectivity index (χ1) is 5.75. The van der Waals surface area contributed by atoms with Crippen LogP contribution < -0.4 is 0 Å². The summed E-state index contributed by atoms with van der Waals surface area (Å²) < 4.78 is 5.14. The van der Waals surface area contributed by atoms with Gasteiger partial charge in [-0.3, -0.25) is 4.79 Å². The van der Waals surface area contributed by atoms with E-state index in [1.54, 1.807) is 0 Å². The van der Waals surface area contributed by atoms with Crippen LogP contribution in [0, 0.1) is 0 Å². The molecule has 0 N–H and O–H groups in total. The number of rotatable bonds is 2. The molecule has 1 rings (SSSR count). The number of carbonyl (C=O) groups is 1. The van der Waals surface area contributed by atoms with E-state index in [2.05, 4.69) is 12.6 Å². The second-order valence-electron chi connectivity index (χ2n) is 2.86. The highest BCUT2D eigenvalue weighted by Crippen LogP contribution is 2.07. The van der Waals surface area contributed by atoms with E-state index in [1.165, 1.54) is 0 Å². The molecule has 12 heavy (non-hydrogen) atoms. The Balaban J connectivity index is 2.39. The molecular formula is C8H15NO2S. The molecule has 1 aliphatic rings. The van der Waals surface area contributed by atoms with E-state index in [9.17, 15) is 4.79 Å². The van der Waals surface area contributed by atoms with Crippen LogP contribution in [0.4, 0.5) is 0 Å². The maximum Gasteiger partial charge on any atom is 0.235 e. The molecule has 0 bridgehead atoms. The van der Waals surface area contributed by atoms with Crippen molar-refractivity contribution in [1.82, 2.24) is 4.90 Å². The minimum atomic E-state index is -0.136. The van der Waals surface area contributed by atoms with Gasteiger partial charge in [-0.05, 0) is 6.42 Å². The zero-order chi connectivity index (χ0) is 8.97. The summed E-state index contributed by atoms with van der Waals surface area (Å²) in [5.41, 5.74) is 0. The Kier molecular flexibility index (Phi) is 3.88. The van der Waals surface area contributed by atoms with E-state index in [4.69, 9.17) is 4.74 Å². The van der Waals surface area contributed by atoms with Crippen molar-refractivity contribution in [2.24, 2.45) is 0 Å². The fourth-order valence-electron chi connectivity index (χ4n) is 1.17. The number of thiol groups is 1. The van der Waals surface area contributed by atoms with Gasteiger partial charge in [0.25, 0.3) is 0 Å². The van der Waals surface area contributed by atoms with E-state index in [0.29, 0.717) is 13.2 Å². The molecule has 0 saturated carbocycles. The van der Waals surface area contributed by atoms with E-state index < -0.39 is 0 Å². The highest BCUT2D eigenvalue weighted by atomic mass is 32.1. The SMILES string of the molecule is CCC(S)C(=O)N1CCOCC1. The average Bonchev–Trinajstić information content (AvgIpc) is 2.17. The molecule has 1 fully saturated rings. The van der Waals surface area contributed by atoms with Gasteiger partial charge in [-0.15, -0.1) is 0 Å². The molecule has 0 aliphatic carbocycles. The first kappa shape index (κ1) is 9.86. The third-order valence-electron chi connectivity index (χ3n) is 1.99. The van der Waals surface area contributed by atoms with Crippen LogP contribution in [0.1, 0.15) is 13.3 Å². The molecular weight excluding hydrogens is 174 g/mol. The minimum absolute atomic E-state index is 0.136. The molecule has 3 nitrogen and oxygen atoms in total. The number of hydrogen-bond acceptors (Lipinski definition) is 3. The third kappa shape index (κ3) is 2.38. The van der Waals surface area contributed by atoms with Gasteiger partial charge in [-0.25, -0.2) is 0 Å². The van der Waals surface area contributed by atoms with E-state index in [-0.39, 0.29) is 11.2 Å². The smallest absolute Gasteiger partial charge is 0.235 e. The van der Waals surface area contributed by atoms with Crippen LogP contribution >= 0.6 is 12.6 Å². The van der Waals surface area contributed by atoms with Gasteiger partial charge in [0.1, 0.15) is 0 Å². The summed E-state index contributed by atoms with van der Waals surface area (Å²) in [5.74, 6) is 0.143. The fraction of sp³-hybridized carbons (Fsp3) is 0.875. The predicted octanol–water partition coefficient (Wildman–Crippen LogP) is 0.554. The summed E-state index contributed by atoms with van der Waals surface area (Å²) in [4.78, 5) is 13.3. The van der Waals surface area contributed by atoms with Crippen molar-refractivity contribution in [3.8, 4) is 0 Å². The molecule has 0 aromatic carbocycles. The molecule has 1 saturated heterocycles. The summed E-state index contributed by atoms with van der Waals surface area (Å²) in [6, 6.07) is 0. The topological polar surface area (TPSA) is 29.5 Å². The van der Waals surface area contributed by atoms with Gasteiger partial charge in [0.05, 0.1) is 18.5 Å². The van der Waals surface area contributed by atoms with Crippen molar-refractivity contribution >= 4 is 18.5 Å². The predicted molar refractivity (Wildman–Crippen MR) is 50.5 cm³/mol. The Morgan fingerprint density at radius 2 is 2.17 bits per heavy atom. The molecule has 0 aromatic rings. The summed E-state index contributed by atoms with van der Waals surface area (Å²) in [6.45, 7) is 4.73. The quantitative estimate of drug-likeness (QED) is 0.643. The van der Waals surface area contributed by atoms with Crippen LogP contribution in [0.3, 0.4) is 0 Å². The molecule has 1 heterocycles. The second kappa shape index (κ2) is 4.72. The Hall–Kier alpha value is -0.220. The average molecular weight is 189 g/mol. The molecule has 0 aromatic heterocycles. The summed E-state index contributed by atoms with van der Waals surface area (Å²) >= 11 is 4.20. The normalized spacial score (nSPS) is 20.7. The molecule has 1 atom stereocenters. The number of amides is 1. The lowest BCUT2D eigenvalue weighted by Crippen LogP contribution is -2.44. The second-order valence-corrected chi connectivity index (χ2v) is 3.49. The molecule has 4 heteroatoms. The van der Waals surface area contributed by atoms with Crippen molar-refractivity contribution in [2.45, 2.75) is 18.6 Å². The molecule has 1 unspecified atom stereocenters. The zero-order valence-electron chi connectivity index (χ0n) is 7.32. The molecule has 1 aliphatic heterocycles. The zero-order valence-corrected chi connectivity index (χ0v) is 8.22. The maximum atomic E-state index is 11.5. The molecule has 70 valence electrons. The number of ether oxygens (including phenoxy) is 1. The monoisotopic (exact) mass is 189 g/mol. The van der Waals surface area contributed by atoms with Gasteiger partial charge < -0.3 is 9.64 Å². The standard InChI is InChI=1S/C8H15NO2S/c1-2-7(12)8(10)9-3-5-11-6-4-9/h7,12H,2-6H2,1H3. The lowest BCUT2D eigenvalue weighted by Gasteiger charge is -2.28.